The summed E-state index contributed by atoms with van der Waals surface area (Å²) in [5.41, 5.74) is 4.61. The van der Waals surface area contributed by atoms with Crippen LogP contribution in [0.2, 0.25) is 10.0 Å². The number of carbonyl (C=O) groups is 1. The Bertz CT molecular complexity index is 1470. The lowest BCUT2D eigenvalue weighted by molar-refractivity contribution is -0.113. The van der Waals surface area contributed by atoms with E-state index in [4.69, 9.17) is 27.9 Å². The number of allylic oxidation sites excluding steroid dienone is 1. The molecule has 1 unspecified atom stereocenters. The Labute approximate surface area is 217 Å². The predicted molar refractivity (Wildman–Crippen MR) is 139 cm³/mol. The van der Waals surface area contributed by atoms with E-state index < -0.39 is 6.04 Å². The highest BCUT2D eigenvalue weighted by Crippen LogP contribution is 2.35. The van der Waals surface area contributed by atoms with Crippen molar-refractivity contribution in [2.24, 2.45) is 0 Å². The molecule has 2 heterocycles. The van der Waals surface area contributed by atoms with Crippen LogP contribution in [0.4, 0.5) is 11.6 Å². The van der Waals surface area contributed by atoms with E-state index in [0.29, 0.717) is 45.3 Å². The minimum absolute atomic E-state index is 0.241. The van der Waals surface area contributed by atoms with Crippen LogP contribution in [0.1, 0.15) is 29.7 Å². The second-order valence-corrected chi connectivity index (χ2v) is 9.27. The lowest BCUT2D eigenvalue weighted by Gasteiger charge is -2.28. The minimum atomic E-state index is -0.527. The largest absolute Gasteiger partial charge is 0.489 e. The molecule has 1 aromatic heterocycles. The molecule has 2 N–H and O–H groups in total. The monoisotopic (exact) mass is 520 g/mol. The maximum atomic E-state index is 13.4. The van der Waals surface area contributed by atoms with E-state index in [-0.39, 0.29) is 5.91 Å². The van der Waals surface area contributed by atoms with Crippen molar-refractivity contribution >= 4 is 40.7 Å². The zero-order valence-corrected chi connectivity index (χ0v) is 21.0. The summed E-state index contributed by atoms with van der Waals surface area (Å²) < 4.78 is 7.52. The second-order valence-electron chi connectivity index (χ2n) is 8.43. The highest BCUT2D eigenvalue weighted by atomic mass is 35.5. The topological polar surface area (TPSA) is 94.0 Å². The number of nitrogens with zero attached hydrogens (tertiary/aromatic N) is 4. The summed E-state index contributed by atoms with van der Waals surface area (Å²) in [4.78, 5) is 13.4. The second kappa shape index (κ2) is 10.0. The number of benzene rings is 3. The van der Waals surface area contributed by atoms with Crippen LogP contribution in [-0.2, 0) is 11.4 Å². The Kier molecular flexibility index (Phi) is 6.63. The van der Waals surface area contributed by atoms with Gasteiger partial charge >= 0.3 is 0 Å². The molecule has 0 spiro atoms. The number of fused-ring (bicyclic) bond motifs is 1. The molecule has 0 aliphatic carbocycles. The van der Waals surface area contributed by atoms with Crippen molar-refractivity contribution in [2.75, 3.05) is 10.6 Å². The Morgan fingerprint density at radius 2 is 1.89 bits per heavy atom. The Morgan fingerprint density at radius 1 is 1.08 bits per heavy atom. The van der Waals surface area contributed by atoms with Crippen LogP contribution in [0, 0.1) is 6.92 Å². The van der Waals surface area contributed by atoms with Gasteiger partial charge in [-0.1, -0.05) is 58.6 Å². The van der Waals surface area contributed by atoms with E-state index in [2.05, 4.69) is 26.2 Å². The number of aryl methyl sites for hydroxylation is 1. The molecule has 8 nitrogen and oxygen atoms in total. The molecule has 0 fully saturated rings. The Balaban J connectivity index is 1.40. The fourth-order valence-corrected chi connectivity index (χ4v) is 4.55. The number of rotatable bonds is 6. The molecule has 3 aromatic carbocycles. The number of hydrogen-bond acceptors (Lipinski definition) is 6. The third-order valence-corrected chi connectivity index (χ3v) is 6.43. The smallest absolute Gasteiger partial charge is 0.255 e. The fraction of sp³-hybridized carbons (Fsp3) is 0.154. The molecule has 0 saturated carbocycles. The van der Waals surface area contributed by atoms with Gasteiger partial charge in [-0.15, -0.1) is 0 Å². The van der Waals surface area contributed by atoms with Gasteiger partial charge in [-0.05, 0) is 71.8 Å². The van der Waals surface area contributed by atoms with Gasteiger partial charge in [0.1, 0.15) is 18.4 Å². The zero-order valence-electron chi connectivity index (χ0n) is 19.5. The van der Waals surface area contributed by atoms with Crippen molar-refractivity contribution in [3.05, 3.63) is 105 Å². The third-order valence-electron chi connectivity index (χ3n) is 5.84. The van der Waals surface area contributed by atoms with E-state index in [9.17, 15) is 4.79 Å². The van der Waals surface area contributed by atoms with Crippen LogP contribution < -0.4 is 15.4 Å². The van der Waals surface area contributed by atoms with E-state index in [1.165, 1.54) is 0 Å². The van der Waals surface area contributed by atoms with E-state index in [0.717, 1.165) is 16.7 Å². The summed E-state index contributed by atoms with van der Waals surface area (Å²) in [6, 6.07) is 19.9. The van der Waals surface area contributed by atoms with E-state index in [1.807, 2.05) is 68.4 Å². The number of nitrogens with one attached hydrogen (secondary N) is 2. The molecule has 5 rings (SSSR count). The standard InChI is InChI=1S/C26H22Cl2N6O2/c1-15-4-3-5-20(12-15)30-25(35)23-16(2)29-26-31-32-33-34(26)24(23)17-7-10-21(11-8-17)36-14-18-6-9-19(27)13-22(18)28/h3-13,24H,14H2,1-2H3,(H,30,35)(H,29,31,33). The first-order valence-corrected chi connectivity index (χ1v) is 11.9. The van der Waals surface area contributed by atoms with Gasteiger partial charge in [-0.3, -0.25) is 4.79 Å². The number of ether oxygens (including phenoxy) is 1. The molecule has 1 amide bonds. The van der Waals surface area contributed by atoms with E-state index >= 15 is 0 Å². The number of hydrogen-bond donors (Lipinski definition) is 2. The van der Waals surface area contributed by atoms with Gasteiger partial charge in [0.2, 0.25) is 5.95 Å². The van der Waals surface area contributed by atoms with Gasteiger partial charge in [-0.2, -0.15) is 4.68 Å². The molecule has 182 valence electrons. The van der Waals surface area contributed by atoms with Gasteiger partial charge in [0.05, 0.1) is 5.57 Å². The molecule has 0 saturated heterocycles. The van der Waals surface area contributed by atoms with Crippen molar-refractivity contribution in [1.82, 2.24) is 20.2 Å². The van der Waals surface area contributed by atoms with Crippen LogP contribution >= 0.6 is 23.2 Å². The quantitative estimate of drug-likeness (QED) is 0.334. The Morgan fingerprint density at radius 3 is 2.64 bits per heavy atom. The molecule has 4 aromatic rings. The number of amides is 1. The summed E-state index contributed by atoms with van der Waals surface area (Å²) in [5.74, 6) is 0.874. The lowest BCUT2D eigenvalue weighted by Crippen LogP contribution is -2.31. The normalized spacial score (nSPS) is 14.7. The molecule has 36 heavy (non-hydrogen) atoms. The number of anilines is 2. The van der Waals surface area contributed by atoms with Crippen molar-refractivity contribution < 1.29 is 9.53 Å². The van der Waals surface area contributed by atoms with E-state index in [1.54, 1.807) is 16.8 Å². The van der Waals surface area contributed by atoms with Crippen molar-refractivity contribution in [2.45, 2.75) is 26.5 Å². The van der Waals surface area contributed by atoms with Crippen molar-refractivity contribution in [3.8, 4) is 5.75 Å². The number of halogens is 2. The third kappa shape index (κ3) is 4.91. The zero-order chi connectivity index (χ0) is 25.2. The van der Waals surface area contributed by atoms with Gasteiger partial charge in [0, 0.05) is 27.0 Å². The molecule has 0 radical (unpaired) electrons. The summed E-state index contributed by atoms with van der Waals surface area (Å²) in [5, 5.41) is 19.2. The molecule has 0 bridgehead atoms. The van der Waals surface area contributed by atoms with Crippen LogP contribution in [0.5, 0.6) is 5.75 Å². The minimum Gasteiger partial charge on any atom is -0.489 e. The SMILES string of the molecule is CC1=C(C(=O)Nc2cccc(C)c2)C(c2ccc(OCc3ccc(Cl)cc3Cl)cc2)n2nnnc2N1. The average Bonchev–Trinajstić information content (AvgIpc) is 3.31. The highest BCUT2D eigenvalue weighted by molar-refractivity contribution is 6.35. The van der Waals surface area contributed by atoms with Gasteiger partial charge in [0.25, 0.3) is 5.91 Å². The first-order valence-electron chi connectivity index (χ1n) is 11.2. The molecular weight excluding hydrogens is 499 g/mol. The van der Waals surface area contributed by atoms with Crippen molar-refractivity contribution in [1.29, 1.82) is 0 Å². The van der Waals surface area contributed by atoms with Crippen LogP contribution in [0.15, 0.2) is 78.0 Å². The van der Waals surface area contributed by atoms with Crippen LogP contribution in [0.25, 0.3) is 0 Å². The highest BCUT2D eigenvalue weighted by Gasteiger charge is 2.34. The first kappa shape index (κ1) is 23.8. The fourth-order valence-electron chi connectivity index (χ4n) is 4.08. The summed E-state index contributed by atoms with van der Waals surface area (Å²) in [6.07, 6.45) is 0. The van der Waals surface area contributed by atoms with Gasteiger partial charge in [0.15, 0.2) is 0 Å². The first-order chi connectivity index (χ1) is 17.4. The maximum Gasteiger partial charge on any atom is 0.255 e. The molecule has 1 atom stereocenters. The summed E-state index contributed by atoms with van der Waals surface area (Å²) in [6.45, 7) is 4.11. The average molecular weight is 521 g/mol. The summed E-state index contributed by atoms with van der Waals surface area (Å²) >= 11 is 12.2. The Hall–Kier alpha value is -3.88. The molecule has 10 heteroatoms. The van der Waals surface area contributed by atoms with Crippen molar-refractivity contribution in [3.63, 3.8) is 0 Å². The molecular formula is C26H22Cl2N6O2. The lowest BCUT2D eigenvalue weighted by atomic mass is 9.95. The maximum absolute atomic E-state index is 13.4. The number of aromatic nitrogens is 4. The molecule has 1 aliphatic rings. The van der Waals surface area contributed by atoms with Gasteiger partial charge < -0.3 is 15.4 Å². The van der Waals surface area contributed by atoms with Crippen LogP contribution in [-0.4, -0.2) is 26.1 Å². The summed E-state index contributed by atoms with van der Waals surface area (Å²) in [7, 11) is 0. The van der Waals surface area contributed by atoms with Gasteiger partial charge in [-0.25, -0.2) is 0 Å². The van der Waals surface area contributed by atoms with Crippen LogP contribution in [0.3, 0.4) is 0 Å². The number of tetrazole rings is 1. The predicted octanol–water partition coefficient (Wildman–Crippen LogP) is 5.79. The number of carbonyl (C=O) groups excluding carboxylic acids is 1. The molecule has 1 aliphatic heterocycles.